The van der Waals surface area contributed by atoms with E-state index >= 15 is 0 Å². The molecule has 0 fully saturated rings. The number of aryl methyl sites for hydroxylation is 2. The molecule has 0 aliphatic heterocycles. The molecule has 0 saturated carbocycles. The molecule has 0 aliphatic carbocycles. The van der Waals surface area contributed by atoms with Crippen LogP contribution in [0, 0.1) is 6.92 Å². The minimum Gasteiger partial charge on any atom is -0.328 e. The van der Waals surface area contributed by atoms with Crippen molar-refractivity contribution in [2.24, 2.45) is 0 Å². The average Bonchev–Trinajstić information content (AvgIpc) is 3.21. The van der Waals surface area contributed by atoms with E-state index in [1.807, 2.05) is 25.1 Å². The number of imidazole rings is 1. The van der Waals surface area contributed by atoms with E-state index in [2.05, 4.69) is 37.3 Å². The van der Waals surface area contributed by atoms with Crippen LogP contribution >= 0.6 is 11.3 Å². The lowest BCUT2D eigenvalue weighted by Gasteiger charge is -2.07. The smallest absolute Gasteiger partial charge is 0.226 e. The first-order valence-electron chi connectivity index (χ1n) is 8.39. The number of aromatic nitrogens is 4. The number of nitrogens with one attached hydrogen (secondary N) is 2. The zero-order valence-corrected chi connectivity index (χ0v) is 15.5. The molecule has 136 valence electrons. The predicted molar refractivity (Wildman–Crippen MR) is 101 cm³/mol. The third-order valence-corrected chi connectivity index (χ3v) is 4.46. The van der Waals surface area contributed by atoms with Gasteiger partial charge in [-0.15, -0.1) is 10.2 Å². The lowest BCUT2D eigenvalue weighted by Crippen LogP contribution is -2.17. The Hall–Kier alpha value is -2.81. The zero-order chi connectivity index (χ0) is 18.5. The number of anilines is 2. The number of fused-ring (bicyclic) bond motifs is 1. The molecule has 0 radical (unpaired) electrons. The summed E-state index contributed by atoms with van der Waals surface area (Å²) in [5.41, 5.74) is 4.11. The molecular weight excluding hydrogens is 352 g/mol. The van der Waals surface area contributed by atoms with Gasteiger partial charge in [-0.1, -0.05) is 18.3 Å². The van der Waals surface area contributed by atoms with E-state index in [0.29, 0.717) is 10.8 Å². The molecule has 1 aromatic carbocycles. The van der Waals surface area contributed by atoms with Crippen molar-refractivity contribution in [3.8, 4) is 0 Å². The minimum absolute atomic E-state index is 0.0812. The first-order valence-corrected chi connectivity index (χ1v) is 9.27. The molecular formula is C17H20N6O2S. The van der Waals surface area contributed by atoms with Crippen molar-refractivity contribution in [3.63, 3.8) is 0 Å². The number of hydrogen-bond acceptors (Lipinski definition) is 6. The van der Waals surface area contributed by atoms with Crippen LogP contribution in [-0.4, -0.2) is 31.6 Å². The standard InChI is InChI=1S/C17H20N6O2S/c1-3-8-23-11(2)19-13-9-12(4-5-14(13)23)20-15(24)6-7-16(25)21-17-22-18-10-26-17/h4-5,9-10H,3,6-8H2,1-2H3,(H,20,24)(H,21,22,25). The van der Waals surface area contributed by atoms with Crippen LogP contribution in [0.3, 0.4) is 0 Å². The SMILES string of the molecule is CCCn1c(C)nc2cc(NC(=O)CCC(=O)Nc3nncs3)ccc21. The van der Waals surface area contributed by atoms with Crippen LogP contribution in [0.15, 0.2) is 23.7 Å². The highest BCUT2D eigenvalue weighted by atomic mass is 32.1. The van der Waals surface area contributed by atoms with Crippen molar-refractivity contribution in [1.82, 2.24) is 19.7 Å². The predicted octanol–water partition coefficient (Wildman–Crippen LogP) is 2.96. The number of carbonyl (C=O) groups excluding carboxylic acids is 2. The molecule has 2 aromatic heterocycles. The van der Waals surface area contributed by atoms with Gasteiger partial charge in [0.2, 0.25) is 16.9 Å². The average molecular weight is 372 g/mol. The first kappa shape index (κ1) is 18.0. The number of nitrogens with zero attached hydrogens (tertiary/aromatic N) is 4. The summed E-state index contributed by atoms with van der Waals surface area (Å²) in [5.74, 6) is 0.474. The van der Waals surface area contributed by atoms with E-state index in [1.165, 1.54) is 16.8 Å². The minimum atomic E-state index is -0.263. The van der Waals surface area contributed by atoms with Crippen LogP contribution < -0.4 is 10.6 Å². The topological polar surface area (TPSA) is 102 Å². The van der Waals surface area contributed by atoms with Gasteiger partial charge in [-0.2, -0.15) is 0 Å². The van der Waals surface area contributed by atoms with Crippen molar-refractivity contribution in [2.45, 2.75) is 39.7 Å². The molecule has 0 unspecified atom stereocenters. The Kier molecular flexibility index (Phi) is 5.57. The van der Waals surface area contributed by atoms with Gasteiger partial charge in [0.1, 0.15) is 11.3 Å². The second kappa shape index (κ2) is 8.05. The maximum Gasteiger partial charge on any atom is 0.226 e. The summed E-state index contributed by atoms with van der Waals surface area (Å²) in [5, 5.41) is 13.2. The van der Waals surface area contributed by atoms with Crippen molar-refractivity contribution in [1.29, 1.82) is 0 Å². The van der Waals surface area contributed by atoms with E-state index in [9.17, 15) is 9.59 Å². The fraction of sp³-hybridized carbons (Fsp3) is 0.353. The van der Waals surface area contributed by atoms with Gasteiger partial charge in [-0.3, -0.25) is 9.59 Å². The van der Waals surface area contributed by atoms with E-state index in [-0.39, 0.29) is 24.7 Å². The van der Waals surface area contributed by atoms with Crippen LogP contribution in [0.5, 0.6) is 0 Å². The summed E-state index contributed by atoms with van der Waals surface area (Å²) in [6, 6.07) is 5.67. The summed E-state index contributed by atoms with van der Waals surface area (Å²) in [6.45, 7) is 5.02. The van der Waals surface area contributed by atoms with Crippen LogP contribution in [0.2, 0.25) is 0 Å². The number of rotatable bonds is 7. The summed E-state index contributed by atoms with van der Waals surface area (Å²) in [7, 11) is 0. The van der Waals surface area contributed by atoms with Gasteiger partial charge in [0, 0.05) is 25.1 Å². The van der Waals surface area contributed by atoms with E-state index in [1.54, 1.807) is 0 Å². The third-order valence-electron chi connectivity index (χ3n) is 3.86. The van der Waals surface area contributed by atoms with E-state index < -0.39 is 0 Å². The monoisotopic (exact) mass is 372 g/mol. The molecule has 0 aliphatic rings. The molecule has 9 heteroatoms. The number of carbonyl (C=O) groups is 2. The van der Waals surface area contributed by atoms with Crippen LogP contribution in [0.1, 0.15) is 32.0 Å². The highest BCUT2D eigenvalue weighted by Crippen LogP contribution is 2.21. The maximum atomic E-state index is 12.1. The van der Waals surface area contributed by atoms with Gasteiger partial charge < -0.3 is 15.2 Å². The lowest BCUT2D eigenvalue weighted by atomic mass is 10.2. The van der Waals surface area contributed by atoms with Crippen molar-refractivity contribution < 1.29 is 9.59 Å². The van der Waals surface area contributed by atoms with E-state index in [0.717, 1.165) is 29.8 Å². The van der Waals surface area contributed by atoms with Gasteiger partial charge in [-0.05, 0) is 31.5 Å². The molecule has 0 bridgehead atoms. The molecule has 0 spiro atoms. The van der Waals surface area contributed by atoms with Crippen molar-refractivity contribution >= 4 is 45.0 Å². The van der Waals surface area contributed by atoms with Crippen LogP contribution in [0.25, 0.3) is 11.0 Å². The van der Waals surface area contributed by atoms with Crippen LogP contribution in [-0.2, 0) is 16.1 Å². The largest absolute Gasteiger partial charge is 0.328 e. The fourth-order valence-corrected chi connectivity index (χ4v) is 3.15. The molecule has 26 heavy (non-hydrogen) atoms. The summed E-state index contributed by atoms with van der Waals surface area (Å²) in [4.78, 5) is 28.4. The molecule has 0 saturated heterocycles. The Morgan fingerprint density at radius 3 is 2.65 bits per heavy atom. The zero-order valence-electron chi connectivity index (χ0n) is 14.7. The maximum absolute atomic E-state index is 12.1. The third kappa shape index (κ3) is 4.23. The Morgan fingerprint density at radius 2 is 1.96 bits per heavy atom. The van der Waals surface area contributed by atoms with Gasteiger partial charge in [0.25, 0.3) is 0 Å². The van der Waals surface area contributed by atoms with Gasteiger partial charge >= 0.3 is 0 Å². The van der Waals surface area contributed by atoms with Crippen molar-refractivity contribution in [2.75, 3.05) is 10.6 Å². The molecule has 2 N–H and O–H groups in total. The summed E-state index contributed by atoms with van der Waals surface area (Å²) >= 11 is 1.23. The second-order valence-corrected chi connectivity index (χ2v) is 6.69. The summed E-state index contributed by atoms with van der Waals surface area (Å²) in [6.07, 6.45) is 1.20. The second-order valence-electron chi connectivity index (χ2n) is 5.85. The molecule has 3 aromatic rings. The highest BCUT2D eigenvalue weighted by Gasteiger charge is 2.11. The quantitative estimate of drug-likeness (QED) is 0.664. The Morgan fingerprint density at radius 1 is 1.19 bits per heavy atom. The molecule has 0 atom stereocenters. The van der Waals surface area contributed by atoms with Gasteiger partial charge in [0.15, 0.2) is 0 Å². The molecule has 3 rings (SSSR count). The van der Waals surface area contributed by atoms with Crippen LogP contribution in [0.4, 0.5) is 10.8 Å². The molecule has 8 nitrogen and oxygen atoms in total. The lowest BCUT2D eigenvalue weighted by molar-refractivity contribution is -0.121. The molecule has 2 heterocycles. The number of benzene rings is 1. The fourth-order valence-electron chi connectivity index (χ4n) is 2.69. The Bertz CT molecular complexity index is 919. The van der Waals surface area contributed by atoms with E-state index in [4.69, 9.17) is 0 Å². The highest BCUT2D eigenvalue weighted by molar-refractivity contribution is 7.13. The Balaban J connectivity index is 1.58. The van der Waals surface area contributed by atoms with Crippen molar-refractivity contribution in [3.05, 3.63) is 29.5 Å². The Labute approximate surface area is 154 Å². The number of amides is 2. The van der Waals surface area contributed by atoms with Gasteiger partial charge in [0.05, 0.1) is 11.0 Å². The summed E-state index contributed by atoms with van der Waals surface area (Å²) < 4.78 is 2.17. The molecule has 2 amide bonds. The number of hydrogen-bond donors (Lipinski definition) is 2. The van der Waals surface area contributed by atoms with Gasteiger partial charge in [-0.25, -0.2) is 4.98 Å². The first-order chi connectivity index (χ1) is 12.6. The normalized spacial score (nSPS) is 10.8.